The van der Waals surface area contributed by atoms with Crippen molar-refractivity contribution in [3.05, 3.63) is 10.0 Å². The fraction of sp³-hybridized carbons (Fsp3) is 0.556. The van der Waals surface area contributed by atoms with Crippen LogP contribution in [0.4, 0.5) is 18.3 Å². The Kier molecular flexibility index (Phi) is 4.37. The number of carbonyl (C=O) groups excluding carboxylic acids is 1. The lowest BCUT2D eigenvalue weighted by molar-refractivity contribution is -0.120. The third-order valence-corrected chi connectivity index (χ3v) is 3.34. The minimum Gasteiger partial charge on any atom is -0.337 e. The van der Waals surface area contributed by atoms with Crippen LogP contribution in [0, 0.1) is 0 Å². The summed E-state index contributed by atoms with van der Waals surface area (Å²) in [7, 11) is 0. The van der Waals surface area contributed by atoms with E-state index >= 15 is 0 Å². The number of hydrogen-bond acceptors (Lipinski definition) is 4. The van der Waals surface area contributed by atoms with Crippen LogP contribution in [0.5, 0.6) is 0 Å². The number of rotatable bonds is 4. The lowest BCUT2D eigenvalue weighted by atomic mass is 10.3. The molecule has 0 unspecified atom stereocenters. The zero-order valence-corrected chi connectivity index (χ0v) is 10.7. The zero-order chi connectivity index (χ0) is 13.2. The van der Waals surface area contributed by atoms with E-state index in [2.05, 4.69) is 4.98 Å². The number of anilines is 1. The van der Waals surface area contributed by atoms with E-state index in [1.807, 2.05) is 0 Å². The molecule has 1 aromatic heterocycles. The summed E-state index contributed by atoms with van der Waals surface area (Å²) in [6, 6.07) is -0.390. The van der Waals surface area contributed by atoms with E-state index in [1.165, 1.54) is 0 Å². The van der Waals surface area contributed by atoms with Crippen molar-refractivity contribution >= 4 is 34.4 Å². The highest BCUT2D eigenvalue weighted by Gasteiger charge is 2.33. The highest BCUT2D eigenvalue weighted by atomic mass is 35.5. The van der Waals surface area contributed by atoms with Gasteiger partial charge in [0.15, 0.2) is 16.6 Å². The van der Waals surface area contributed by atoms with Crippen LogP contribution >= 0.6 is 22.9 Å². The predicted octanol–water partition coefficient (Wildman–Crippen LogP) is 3.39. The smallest absolute Gasteiger partial charge is 0.337 e. The summed E-state index contributed by atoms with van der Waals surface area (Å²) in [5.41, 5.74) is 0. The summed E-state index contributed by atoms with van der Waals surface area (Å²) in [5.74, 6) is 0. The highest BCUT2D eigenvalue weighted by molar-refractivity contribution is 7.17. The maximum Gasteiger partial charge on any atom is 0.406 e. The van der Waals surface area contributed by atoms with Gasteiger partial charge in [0.1, 0.15) is 11.4 Å². The van der Waals surface area contributed by atoms with Gasteiger partial charge in [-0.15, -0.1) is 0 Å². The first-order chi connectivity index (χ1) is 7.74. The van der Waals surface area contributed by atoms with E-state index in [0.29, 0.717) is 6.29 Å². The molecule has 1 rings (SSSR count). The van der Waals surface area contributed by atoms with Crippen molar-refractivity contribution in [3.8, 4) is 0 Å². The molecule has 0 atom stereocenters. The number of thiazole rings is 1. The Balaban J connectivity index is 3.01. The highest BCUT2D eigenvalue weighted by Crippen LogP contribution is 2.31. The van der Waals surface area contributed by atoms with Crippen LogP contribution in [-0.4, -0.2) is 30.0 Å². The molecule has 0 fully saturated rings. The van der Waals surface area contributed by atoms with Gasteiger partial charge in [-0.2, -0.15) is 13.2 Å². The van der Waals surface area contributed by atoms with Crippen molar-refractivity contribution in [1.82, 2.24) is 4.98 Å². The summed E-state index contributed by atoms with van der Waals surface area (Å²) < 4.78 is 37.1. The van der Waals surface area contributed by atoms with E-state index < -0.39 is 18.8 Å². The van der Waals surface area contributed by atoms with Gasteiger partial charge in [0.05, 0.1) is 0 Å². The number of halogens is 4. The monoisotopic (exact) mass is 286 g/mol. The topological polar surface area (TPSA) is 33.2 Å². The van der Waals surface area contributed by atoms with Gasteiger partial charge in [0.2, 0.25) is 0 Å². The molecule has 0 saturated heterocycles. The Bertz CT molecular complexity index is 405. The lowest BCUT2D eigenvalue weighted by Crippen LogP contribution is -2.39. The Morgan fingerprint density at radius 2 is 2.12 bits per heavy atom. The van der Waals surface area contributed by atoms with E-state index in [0.717, 1.165) is 16.2 Å². The van der Waals surface area contributed by atoms with Crippen LogP contribution in [0.2, 0.25) is 5.15 Å². The first-order valence-corrected chi connectivity index (χ1v) is 5.89. The van der Waals surface area contributed by atoms with Crippen molar-refractivity contribution < 1.29 is 18.0 Å². The lowest BCUT2D eigenvalue weighted by Gasteiger charge is -2.26. The second-order valence-corrected chi connectivity index (χ2v) is 4.97. The molecule has 0 aromatic carbocycles. The van der Waals surface area contributed by atoms with Gasteiger partial charge in [-0.3, -0.25) is 4.79 Å². The first-order valence-electron chi connectivity index (χ1n) is 4.69. The number of nitrogens with zero attached hydrogens (tertiary/aromatic N) is 2. The number of carbonyl (C=O) groups is 1. The molecule has 0 saturated carbocycles. The molecular weight excluding hydrogens is 277 g/mol. The molecule has 0 radical (unpaired) electrons. The standard InChI is InChI=1S/C9H10ClF3N2OS/c1-5(2)15(4-9(11,12)13)8-14-7(10)6(3-16)17-8/h3,5H,4H2,1-2H3. The summed E-state index contributed by atoms with van der Waals surface area (Å²) in [5, 5.41) is 0.0391. The van der Waals surface area contributed by atoms with Crippen LogP contribution in [0.3, 0.4) is 0 Å². The molecule has 0 aliphatic heterocycles. The maximum atomic E-state index is 12.4. The van der Waals surface area contributed by atoms with Gasteiger partial charge in [-0.1, -0.05) is 22.9 Å². The molecule has 3 nitrogen and oxygen atoms in total. The molecule has 1 heterocycles. The molecule has 1 aromatic rings. The summed E-state index contributed by atoms with van der Waals surface area (Å²) in [4.78, 5) is 15.5. The molecule has 0 amide bonds. The SMILES string of the molecule is CC(C)N(CC(F)(F)F)c1nc(Cl)c(C=O)s1. The van der Waals surface area contributed by atoms with Gasteiger partial charge in [-0.25, -0.2) is 4.98 Å². The van der Waals surface area contributed by atoms with Crippen molar-refractivity contribution in [1.29, 1.82) is 0 Å². The molecule has 0 aliphatic carbocycles. The maximum absolute atomic E-state index is 12.4. The molecule has 17 heavy (non-hydrogen) atoms. The molecule has 0 N–H and O–H groups in total. The molecule has 0 aliphatic rings. The normalized spacial score (nSPS) is 11.9. The minimum absolute atomic E-state index is 0.0622. The molecule has 0 bridgehead atoms. The van der Waals surface area contributed by atoms with E-state index in [-0.39, 0.29) is 15.2 Å². The van der Waals surface area contributed by atoms with Crippen molar-refractivity contribution in [3.63, 3.8) is 0 Å². The number of hydrogen-bond donors (Lipinski definition) is 0. The molecule has 8 heteroatoms. The van der Waals surface area contributed by atoms with E-state index in [1.54, 1.807) is 13.8 Å². The zero-order valence-electron chi connectivity index (χ0n) is 9.08. The number of alkyl halides is 3. The van der Waals surface area contributed by atoms with Crippen molar-refractivity contribution in [2.45, 2.75) is 26.1 Å². The van der Waals surface area contributed by atoms with Gasteiger partial charge in [0, 0.05) is 6.04 Å². The summed E-state index contributed by atoms with van der Waals surface area (Å²) in [6.07, 6.45) is -3.85. The molecule has 96 valence electrons. The third-order valence-electron chi connectivity index (χ3n) is 1.92. The van der Waals surface area contributed by atoms with E-state index in [4.69, 9.17) is 11.6 Å². The van der Waals surface area contributed by atoms with Gasteiger partial charge in [-0.05, 0) is 13.8 Å². The second kappa shape index (κ2) is 5.22. The molecular formula is C9H10ClF3N2OS. The quantitative estimate of drug-likeness (QED) is 0.796. The first kappa shape index (κ1) is 14.2. The average Bonchev–Trinajstić information content (AvgIpc) is 2.54. The Hall–Kier alpha value is -0.820. The van der Waals surface area contributed by atoms with Crippen LogP contribution in [-0.2, 0) is 0 Å². The average molecular weight is 287 g/mol. The minimum atomic E-state index is -4.33. The Labute approximate surface area is 105 Å². The number of aldehydes is 1. The largest absolute Gasteiger partial charge is 0.406 e. The van der Waals surface area contributed by atoms with Gasteiger partial charge in [0.25, 0.3) is 0 Å². The Morgan fingerprint density at radius 3 is 2.47 bits per heavy atom. The van der Waals surface area contributed by atoms with Crippen molar-refractivity contribution in [2.24, 2.45) is 0 Å². The predicted molar refractivity (Wildman–Crippen MR) is 61.0 cm³/mol. The van der Waals surface area contributed by atoms with Gasteiger partial charge >= 0.3 is 6.18 Å². The molecule has 0 spiro atoms. The fourth-order valence-corrected chi connectivity index (χ4v) is 2.36. The fourth-order valence-electron chi connectivity index (χ4n) is 1.16. The van der Waals surface area contributed by atoms with Crippen LogP contribution in [0.1, 0.15) is 23.5 Å². The van der Waals surface area contributed by atoms with E-state index in [9.17, 15) is 18.0 Å². The summed E-state index contributed by atoms with van der Waals surface area (Å²) >= 11 is 6.48. The van der Waals surface area contributed by atoms with Crippen LogP contribution in [0.25, 0.3) is 0 Å². The van der Waals surface area contributed by atoms with Crippen LogP contribution < -0.4 is 4.90 Å². The van der Waals surface area contributed by atoms with Gasteiger partial charge < -0.3 is 4.90 Å². The second-order valence-electron chi connectivity index (χ2n) is 3.61. The Morgan fingerprint density at radius 1 is 1.53 bits per heavy atom. The number of aromatic nitrogens is 1. The van der Waals surface area contributed by atoms with Crippen LogP contribution in [0.15, 0.2) is 0 Å². The summed E-state index contributed by atoms with van der Waals surface area (Å²) in [6.45, 7) is 2.11. The third kappa shape index (κ3) is 3.85. The van der Waals surface area contributed by atoms with Crippen molar-refractivity contribution in [2.75, 3.05) is 11.4 Å².